The minimum atomic E-state index is -3.84. The second-order valence-corrected chi connectivity index (χ2v) is 16.9. The van der Waals surface area contributed by atoms with E-state index in [9.17, 15) is 27.6 Å². The van der Waals surface area contributed by atoms with Gasteiger partial charge in [-0.25, -0.2) is 18.2 Å². The van der Waals surface area contributed by atoms with Crippen molar-refractivity contribution in [2.24, 2.45) is 11.3 Å². The van der Waals surface area contributed by atoms with Crippen LogP contribution < -0.4 is 20.1 Å². The fourth-order valence-corrected chi connectivity index (χ4v) is 8.38. The Morgan fingerprint density at radius 2 is 1.90 bits per heavy atom. The Hall–Kier alpha value is -3.94. The molecule has 0 unspecified atom stereocenters. The van der Waals surface area contributed by atoms with Crippen LogP contribution in [-0.2, 0) is 35.6 Å². The third-order valence-corrected chi connectivity index (χ3v) is 12.0. The normalized spacial score (nSPS) is 28.1. The smallest absolute Gasteiger partial charge is 0.407 e. The van der Waals surface area contributed by atoms with Crippen molar-refractivity contribution < 1.29 is 37.1 Å². The zero-order valence-corrected chi connectivity index (χ0v) is 29.4. The summed E-state index contributed by atoms with van der Waals surface area (Å²) < 4.78 is 39.5. The standard InChI is InChI=1S/C35H47N5O8S/c1-5-23-19-35(23,32(43)39-49(45,46)25-12-13-25)38-29(41)27-18-24-20-40(27)31(42)28(34(2,3)4)37-33(44)47-16-8-6-7-9-21-10-11-22-14-15-36-30(48-24)26(22)17-21/h10-11,14-15,17,23-25,27-28H,5-9,12-13,16,18-20H2,1-4H3,(H,37,44)(H,38,41)(H,39,43)/t23-,24+,27+,28-,35-/m1/s1. The lowest BCUT2D eigenvalue weighted by atomic mass is 9.85. The van der Waals surface area contributed by atoms with Gasteiger partial charge in [0.1, 0.15) is 23.7 Å². The topological polar surface area (TPSA) is 173 Å². The molecule has 4 amide bonds. The number of rotatable bonds is 6. The molecule has 4 bridgehead atoms. The molecule has 2 aliphatic carbocycles. The number of ether oxygens (including phenoxy) is 2. The number of pyridine rings is 1. The second kappa shape index (κ2) is 13.4. The number of aromatic nitrogens is 1. The molecule has 0 radical (unpaired) electrons. The molecule has 2 aromatic rings. The first-order chi connectivity index (χ1) is 23.2. The van der Waals surface area contributed by atoms with Crippen molar-refractivity contribution in [2.75, 3.05) is 13.2 Å². The number of nitrogens with one attached hydrogen (secondary N) is 3. The number of aryl methyl sites for hydroxylation is 1. The minimum Gasteiger partial charge on any atom is -0.472 e. The highest BCUT2D eigenvalue weighted by molar-refractivity contribution is 7.91. The largest absolute Gasteiger partial charge is 0.472 e. The number of sulfonamides is 1. The maximum atomic E-state index is 14.4. The number of amides is 4. The zero-order valence-electron chi connectivity index (χ0n) is 28.6. The van der Waals surface area contributed by atoms with E-state index in [1.165, 1.54) is 4.90 Å². The molecule has 3 N–H and O–H groups in total. The van der Waals surface area contributed by atoms with E-state index in [1.54, 1.807) is 6.20 Å². The summed E-state index contributed by atoms with van der Waals surface area (Å²) in [6.45, 7) is 7.53. The summed E-state index contributed by atoms with van der Waals surface area (Å²) in [7, 11) is -3.84. The van der Waals surface area contributed by atoms with E-state index in [4.69, 9.17) is 9.47 Å². The lowest BCUT2D eigenvalue weighted by Gasteiger charge is -2.35. The monoisotopic (exact) mass is 697 g/mol. The van der Waals surface area contributed by atoms with E-state index in [0.29, 0.717) is 31.6 Å². The second-order valence-electron chi connectivity index (χ2n) is 15.0. The number of carbonyl (C=O) groups excluding carboxylic acids is 4. The lowest BCUT2D eigenvalue weighted by molar-refractivity contribution is -0.143. The fourth-order valence-electron chi connectivity index (χ4n) is 7.01. The molecule has 3 fully saturated rings. The predicted molar refractivity (Wildman–Crippen MR) is 181 cm³/mol. The molecule has 6 rings (SSSR count). The van der Waals surface area contributed by atoms with Crippen LogP contribution in [0.15, 0.2) is 30.5 Å². The third kappa shape index (κ3) is 7.48. The van der Waals surface area contributed by atoms with Crippen molar-refractivity contribution >= 4 is 44.6 Å². The van der Waals surface area contributed by atoms with Crippen LogP contribution in [0.2, 0.25) is 0 Å². The Kier molecular flexibility index (Phi) is 9.55. The first-order valence-electron chi connectivity index (χ1n) is 17.4. The summed E-state index contributed by atoms with van der Waals surface area (Å²) in [6, 6.07) is 5.93. The number of hydrogen-bond donors (Lipinski definition) is 3. The molecule has 2 saturated carbocycles. The molecule has 4 aliphatic rings. The molecular formula is C35H47N5O8S. The Bertz CT molecular complexity index is 1740. The molecule has 13 nitrogen and oxygen atoms in total. The summed E-state index contributed by atoms with van der Waals surface area (Å²) >= 11 is 0. The molecule has 14 heteroatoms. The van der Waals surface area contributed by atoms with Gasteiger partial charge in [0, 0.05) is 18.0 Å². The number of fused-ring (bicyclic) bond motifs is 3. The highest BCUT2D eigenvalue weighted by Crippen LogP contribution is 2.47. The lowest BCUT2D eigenvalue weighted by Crippen LogP contribution is -2.60. The van der Waals surface area contributed by atoms with Gasteiger partial charge in [-0.3, -0.25) is 19.1 Å². The van der Waals surface area contributed by atoms with Gasteiger partial charge in [0.15, 0.2) is 0 Å². The van der Waals surface area contributed by atoms with Gasteiger partial charge in [0.05, 0.1) is 18.4 Å². The van der Waals surface area contributed by atoms with Gasteiger partial charge in [-0.2, -0.15) is 0 Å². The van der Waals surface area contributed by atoms with Crippen molar-refractivity contribution in [3.63, 3.8) is 0 Å². The number of carbonyl (C=O) groups is 4. The van der Waals surface area contributed by atoms with Crippen molar-refractivity contribution in [2.45, 2.75) is 114 Å². The Labute approximate surface area is 287 Å². The van der Waals surface area contributed by atoms with Gasteiger partial charge in [0.25, 0.3) is 5.91 Å². The van der Waals surface area contributed by atoms with E-state index in [0.717, 1.165) is 35.6 Å². The highest BCUT2D eigenvalue weighted by atomic mass is 32.2. The fraction of sp³-hybridized carbons (Fsp3) is 0.629. The number of alkyl carbamates (subject to hydrolysis) is 1. The predicted octanol–water partition coefficient (Wildman–Crippen LogP) is 3.34. The molecule has 266 valence electrons. The van der Waals surface area contributed by atoms with Crippen LogP contribution in [0.5, 0.6) is 5.88 Å². The first kappa shape index (κ1) is 34.9. The molecule has 2 aliphatic heterocycles. The minimum absolute atomic E-state index is 0.0183. The van der Waals surface area contributed by atoms with Gasteiger partial charge < -0.3 is 25.0 Å². The van der Waals surface area contributed by atoms with Crippen molar-refractivity contribution in [3.8, 4) is 5.88 Å². The Balaban J connectivity index is 1.32. The Morgan fingerprint density at radius 3 is 2.59 bits per heavy atom. The summed E-state index contributed by atoms with van der Waals surface area (Å²) in [5.74, 6) is -1.72. The van der Waals surface area contributed by atoms with E-state index in [1.807, 2.05) is 39.8 Å². The van der Waals surface area contributed by atoms with Gasteiger partial charge in [-0.1, -0.05) is 46.2 Å². The molecule has 1 saturated heterocycles. The number of hydrogen-bond acceptors (Lipinski definition) is 9. The van der Waals surface area contributed by atoms with E-state index < -0.39 is 68.2 Å². The summed E-state index contributed by atoms with van der Waals surface area (Å²) in [6.07, 6.45) is 5.42. The van der Waals surface area contributed by atoms with Crippen molar-refractivity contribution in [1.29, 1.82) is 0 Å². The maximum Gasteiger partial charge on any atom is 0.407 e. The van der Waals surface area contributed by atoms with Gasteiger partial charge >= 0.3 is 6.09 Å². The maximum absolute atomic E-state index is 14.4. The van der Waals surface area contributed by atoms with Crippen LogP contribution in [0, 0.1) is 11.3 Å². The molecule has 0 spiro atoms. The summed E-state index contributed by atoms with van der Waals surface area (Å²) in [5, 5.41) is 6.78. The van der Waals surface area contributed by atoms with Crippen molar-refractivity contribution in [3.05, 3.63) is 36.0 Å². The molecule has 49 heavy (non-hydrogen) atoms. The average Bonchev–Trinajstić information content (AvgIpc) is 3.97. The molecule has 1 aromatic carbocycles. The zero-order chi connectivity index (χ0) is 35.1. The van der Waals surface area contributed by atoms with E-state index >= 15 is 0 Å². The number of nitrogens with zero attached hydrogens (tertiary/aromatic N) is 2. The van der Waals surface area contributed by atoms with Gasteiger partial charge in [-0.05, 0) is 79.4 Å². The van der Waals surface area contributed by atoms with Crippen molar-refractivity contribution in [1.82, 2.24) is 25.2 Å². The first-order valence-corrected chi connectivity index (χ1v) is 18.9. The van der Waals surface area contributed by atoms with Crippen LogP contribution in [0.3, 0.4) is 0 Å². The molecule has 3 heterocycles. The van der Waals surface area contributed by atoms with Gasteiger partial charge in [-0.15, -0.1) is 0 Å². The van der Waals surface area contributed by atoms with Gasteiger partial charge in [0.2, 0.25) is 27.7 Å². The molecule has 1 aromatic heterocycles. The highest BCUT2D eigenvalue weighted by Gasteiger charge is 2.62. The molecular weight excluding hydrogens is 650 g/mol. The molecule has 5 atom stereocenters. The summed E-state index contributed by atoms with van der Waals surface area (Å²) in [4.78, 5) is 60.9. The third-order valence-electron chi connectivity index (χ3n) is 10.2. The number of benzene rings is 1. The van der Waals surface area contributed by atoms with Crippen LogP contribution in [0.4, 0.5) is 4.79 Å². The SMILES string of the molecule is CC[C@@H]1C[C@]1(NC(=O)[C@@H]1C[C@H]2CN1C(=O)[C@H](C(C)(C)C)NC(=O)OCCCCCc1ccc3ccnc(c3c1)O2)C(=O)NS(=O)(=O)C1CC1. The average molecular weight is 698 g/mol. The Morgan fingerprint density at radius 1 is 1.12 bits per heavy atom. The van der Waals surface area contributed by atoms with Crippen LogP contribution in [-0.4, -0.2) is 84.2 Å². The van der Waals surface area contributed by atoms with Crippen LogP contribution in [0.25, 0.3) is 10.8 Å². The van der Waals surface area contributed by atoms with Crippen LogP contribution >= 0.6 is 0 Å². The number of cyclic esters (lactones) is 1. The quantitative estimate of drug-likeness (QED) is 0.409. The van der Waals surface area contributed by atoms with E-state index in [2.05, 4.69) is 32.5 Å². The van der Waals surface area contributed by atoms with E-state index in [-0.39, 0.29) is 31.9 Å². The van der Waals surface area contributed by atoms with Crippen LogP contribution in [0.1, 0.15) is 84.6 Å². The summed E-state index contributed by atoms with van der Waals surface area (Å²) in [5.41, 5.74) is -1.06.